The van der Waals surface area contributed by atoms with Crippen molar-refractivity contribution in [3.8, 4) is 11.8 Å². The van der Waals surface area contributed by atoms with Crippen molar-refractivity contribution in [2.75, 3.05) is 13.7 Å². The average Bonchev–Trinajstić information content (AvgIpc) is 2.18. The molecule has 0 bridgehead atoms. The highest BCUT2D eigenvalue weighted by molar-refractivity contribution is 5.37. The summed E-state index contributed by atoms with van der Waals surface area (Å²) in [5, 5.41) is 8.54. The van der Waals surface area contributed by atoms with E-state index in [1.807, 2.05) is 0 Å². The third-order valence-corrected chi connectivity index (χ3v) is 1.74. The first-order valence-electron chi connectivity index (χ1n) is 4.64. The van der Waals surface area contributed by atoms with Gasteiger partial charge in [-0.1, -0.05) is 11.8 Å². The molecule has 0 aliphatic rings. The third-order valence-electron chi connectivity index (χ3n) is 1.74. The van der Waals surface area contributed by atoms with Gasteiger partial charge in [0.05, 0.1) is 13.2 Å². The zero-order chi connectivity index (χ0) is 11.1. The molecule has 1 aromatic carbocycles. The molecule has 0 saturated carbocycles. The maximum absolute atomic E-state index is 13.1. The Hall–Kier alpha value is -1.37. The SMILES string of the molecule is COCc1cc(F)cc(C#CCCO)c1. The van der Waals surface area contributed by atoms with Crippen LogP contribution in [0.1, 0.15) is 17.5 Å². The summed E-state index contributed by atoms with van der Waals surface area (Å²) in [5.41, 5.74) is 1.36. The Morgan fingerprint density at radius 1 is 1.40 bits per heavy atom. The predicted octanol–water partition coefficient (Wildman–Crippen LogP) is 1.71. The molecular formula is C12H13FO2. The standard InChI is InChI=1S/C12H13FO2/c1-15-9-11-6-10(4-2-3-5-14)7-12(13)8-11/h6-8,14H,3,5,9H2,1H3. The van der Waals surface area contributed by atoms with Crippen LogP contribution in [0.2, 0.25) is 0 Å². The van der Waals surface area contributed by atoms with Crippen molar-refractivity contribution in [2.24, 2.45) is 0 Å². The predicted molar refractivity (Wildman–Crippen MR) is 55.7 cm³/mol. The van der Waals surface area contributed by atoms with Crippen molar-refractivity contribution in [1.82, 2.24) is 0 Å². The molecular weight excluding hydrogens is 195 g/mol. The van der Waals surface area contributed by atoms with E-state index in [2.05, 4.69) is 11.8 Å². The Bertz CT molecular complexity index is 377. The highest BCUT2D eigenvalue weighted by Crippen LogP contribution is 2.09. The molecule has 1 aromatic rings. The summed E-state index contributed by atoms with van der Waals surface area (Å²) in [7, 11) is 1.56. The van der Waals surface area contributed by atoms with Gasteiger partial charge in [0.2, 0.25) is 0 Å². The number of benzene rings is 1. The number of hydrogen-bond donors (Lipinski definition) is 1. The van der Waals surface area contributed by atoms with Crippen LogP contribution in [0.15, 0.2) is 18.2 Å². The van der Waals surface area contributed by atoms with Gasteiger partial charge in [-0.05, 0) is 23.8 Å². The minimum Gasteiger partial charge on any atom is -0.395 e. The van der Waals surface area contributed by atoms with Crippen molar-refractivity contribution in [2.45, 2.75) is 13.0 Å². The van der Waals surface area contributed by atoms with Crippen LogP contribution in [0.5, 0.6) is 0 Å². The molecule has 0 radical (unpaired) electrons. The van der Waals surface area contributed by atoms with Gasteiger partial charge in [0.1, 0.15) is 5.82 Å². The second-order valence-corrected chi connectivity index (χ2v) is 3.06. The lowest BCUT2D eigenvalue weighted by Crippen LogP contribution is -1.90. The molecule has 0 heterocycles. The summed E-state index contributed by atoms with van der Waals surface area (Å²) >= 11 is 0. The summed E-state index contributed by atoms with van der Waals surface area (Å²) < 4.78 is 18.0. The van der Waals surface area contributed by atoms with Gasteiger partial charge in [-0.15, -0.1) is 0 Å². The van der Waals surface area contributed by atoms with E-state index >= 15 is 0 Å². The molecule has 1 N–H and O–H groups in total. The van der Waals surface area contributed by atoms with Crippen LogP contribution < -0.4 is 0 Å². The van der Waals surface area contributed by atoms with Crippen molar-refractivity contribution in [1.29, 1.82) is 0 Å². The summed E-state index contributed by atoms with van der Waals surface area (Å²) in [6.45, 7) is 0.389. The minimum atomic E-state index is -0.321. The first kappa shape index (κ1) is 11.7. The van der Waals surface area contributed by atoms with Crippen LogP contribution in [-0.4, -0.2) is 18.8 Å². The van der Waals surface area contributed by atoms with E-state index in [9.17, 15) is 4.39 Å². The second kappa shape index (κ2) is 6.18. The van der Waals surface area contributed by atoms with Gasteiger partial charge < -0.3 is 9.84 Å². The monoisotopic (exact) mass is 208 g/mol. The van der Waals surface area contributed by atoms with Crippen molar-refractivity contribution in [3.05, 3.63) is 35.1 Å². The molecule has 0 spiro atoms. The van der Waals surface area contributed by atoms with Crippen molar-refractivity contribution in [3.63, 3.8) is 0 Å². The van der Waals surface area contributed by atoms with Gasteiger partial charge in [0.15, 0.2) is 0 Å². The summed E-state index contributed by atoms with van der Waals surface area (Å²) in [6, 6.07) is 4.56. The van der Waals surface area contributed by atoms with Gasteiger partial charge in [-0.3, -0.25) is 0 Å². The van der Waals surface area contributed by atoms with Crippen LogP contribution >= 0.6 is 0 Å². The summed E-state index contributed by atoms with van der Waals surface area (Å²) in [6.07, 6.45) is 0.399. The van der Waals surface area contributed by atoms with Crippen LogP contribution in [-0.2, 0) is 11.3 Å². The Morgan fingerprint density at radius 2 is 2.20 bits per heavy atom. The molecule has 15 heavy (non-hydrogen) atoms. The van der Waals surface area contributed by atoms with Crippen molar-refractivity contribution >= 4 is 0 Å². The second-order valence-electron chi connectivity index (χ2n) is 3.06. The number of rotatable bonds is 3. The number of aliphatic hydroxyl groups is 1. The van der Waals surface area contributed by atoms with Gasteiger partial charge in [-0.2, -0.15) is 0 Å². The van der Waals surface area contributed by atoms with E-state index in [0.29, 0.717) is 18.6 Å². The number of halogens is 1. The molecule has 0 atom stereocenters. The van der Waals surface area contributed by atoms with E-state index in [0.717, 1.165) is 5.56 Å². The highest BCUT2D eigenvalue weighted by atomic mass is 19.1. The summed E-state index contributed by atoms with van der Waals surface area (Å²) in [5.74, 6) is 5.20. The topological polar surface area (TPSA) is 29.5 Å². The maximum Gasteiger partial charge on any atom is 0.124 e. The van der Waals surface area contributed by atoms with Gasteiger partial charge >= 0.3 is 0 Å². The molecule has 0 aliphatic heterocycles. The van der Waals surface area contributed by atoms with Crippen LogP contribution in [0.3, 0.4) is 0 Å². The lowest BCUT2D eigenvalue weighted by Gasteiger charge is -2.00. The van der Waals surface area contributed by atoms with Gasteiger partial charge in [0.25, 0.3) is 0 Å². The Balaban J connectivity index is 2.85. The van der Waals surface area contributed by atoms with Crippen LogP contribution in [0.4, 0.5) is 4.39 Å². The molecule has 0 saturated heterocycles. The fourth-order valence-electron chi connectivity index (χ4n) is 1.19. The molecule has 1 rings (SSSR count). The number of methoxy groups -OCH3 is 1. The fraction of sp³-hybridized carbons (Fsp3) is 0.333. The lowest BCUT2D eigenvalue weighted by molar-refractivity contribution is 0.184. The molecule has 2 nitrogen and oxygen atoms in total. The minimum absolute atomic E-state index is 0.0211. The summed E-state index contributed by atoms with van der Waals surface area (Å²) in [4.78, 5) is 0. The molecule has 3 heteroatoms. The van der Waals surface area contributed by atoms with E-state index in [1.54, 1.807) is 13.2 Å². The molecule has 0 amide bonds. The van der Waals surface area contributed by atoms with Gasteiger partial charge in [-0.25, -0.2) is 4.39 Å². The van der Waals surface area contributed by atoms with Gasteiger partial charge in [0, 0.05) is 19.1 Å². The number of ether oxygens (including phenoxy) is 1. The maximum atomic E-state index is 13.1. The number of hydrogen-bond acceptors (Lipinski definition) is 2. The van der Waals surface area contributed by atoms with Crippen LogP contribution in [0.25, 0.3) is 0 Å². The molecule has 0 aliphatic carbocycles. The Kier molecular flexibility index (Phi) is 4.82. The zero-order valence-electron chi connectivity index (χ0n) is 8.59. The first-order chi connectivity index (χ1) is 7.26. The molecule has 80 valence electrons. The average molecular weight is 208 g/mol. The van der Waals surface area contributed by atoms with Crippen molar-refractivity contribution < 1.29 is 14.2 Å². The fourth-order valence-corrected chi connectivity index (χ4v) is 1.19. The van der Waals surface area contributed by atoms with E-state index < -0.39 is 0 Å². The highest BCUT2D eigenvalue weighted by Gasteiger charge is 1.98. The van der Waals surface area contributed by atoms with E-state index in [1.165, 1.54) is 12.1 Å². The Labute approximate surface area is 88.7 Å². The number of aliphatic hydroxyl groups excluding tert-OH is 1. The largest absolute Gasteiger partial charge is 0.395 e. The third kappa shape index (κ3) is 4.11. The van der Waals surface area contributed by atoms with E-state index in [4.69, 9.17) is 9.84 Å². The molecule has 0 unspecified atom stereocenters. The molecule has 0 fully saturated rings. The first-order valence-corrected chi connectivity index (χ1v) is 4.64. The van der Waals surface area contributed by atoms with E-state index in [-0.39, 0.29) is 12.4 Å². The van der Waals surface area contributed by atoms with Crippen LogP contribution in [0, 0.1) is 17.7 Å². The molecule has 0 aromatic heterocycles. The lowest BCUT2D eigenvalue weighted by atomic mass is 10.1. The normalized spacial score (nSPS) is 9.53. The Morgan fingerprint density at radius 3 is 2.87 bits per heavy atom. The smallest absolute Gasteiger partial charge is 0.124 e. The zero-order valence-corrected chi connectivity index (χ0v) is 8.59. The quantitative estimate of drug-likeness (QED) is 0.766.